The first kappa shape index (κ1) is 19.5. The standard InChI is InChI=1S/C17H17Cl3N4OS/c1-3-6-24-15(10-4-5-10)22-23-17(24)26-9(2)16(25)21-14-12(19)7-11(18)8-13(14)20/h3,7-10H,1,4-6H2,2H3,(H,21,25). The highest BCUT2D eigenvalue weighted by Crippen LogP contribution is 2.40. The number of hydrogen-bond acceptors (Lipinski definition) is 4. The highest BCUT2D eigenvalue weighted by Gasteiger charge is 2.31. The minimum Gasteiger partial charge on any atom is -0.323 e. The number of benzene rings is 1. The van der Waals surface area contributed by atoms with Crippen molar-refractivity contribution in [1.82, 2.24) is 14.8 Å². The molecule has 1 saturated carbocycles. The monoisotopic (exact) mass is 430 g/mol. The largest absolute Gasteiger partial charge is 0.323 e. The quantitative estimate of drug-likeness (QED) is 0.469. The van der Waals surface area contributed by atoms with E-state index in [0.717, 1.165) is 18.7 Å². The van der Waals surface area contributed by atoms with Crippen LogP contribution in [0.25, 0.3) is 0 Å². The van der Waals surface area contributed by atoms with E-state index >= 15 is 0 Å². The van der Waals surface area contributed by atoms with Crippen LogP contribution in [-0.4, -0.2) is 25.9 Å². The highest BCUT2D eigenvalue weighted by atomic mass is 35.5. The van der Waals surface area contributed by atoms with E-state index in [1.54, 1.807) is 13.0 Å². The summed E-state index contributed by atoms with van der Waals surface area (Å²) in [6.07, 6.45) is 4.06. The van der Waals surface area contributed by atoms with Crippen molar-refractivity contribution in [1.29, 1.82) is 0 Å². The SMILES string of the molecule is C=CCn1c(SC(C)C(=O)Nc2c(Cl)cc(Cl)cc2Cl)nnc1C1CC1. The third-order valence-corrected chi connectivity index (χ3v) is 5.80. The topological polar surface area (TPSA) is 59.8 Å². The molecule has 138 valence electrons. The molecular formula is C17H17Cl3N4OS. The summed E-state index contributed by atoms with van der Waals surface area (Å²) < 4.78 is 2.02. The molecule has 0 spiro atoms. The van der Waals surface area contributed by atoms with Crippen molar-refractivity contribution in [3.05, 3.63) is 45.7 Å². The molecule has 1 amide bonds. The molecule has 3 rings (SSSR count). The normalized spacial score (nSPS) is 14.9. The van der Waals surface area contributed by atoms with Crippen molar-refractivity contribution in [3.8, 4) is 0 Å². The van der Waals surface area contributed by atoms with Crippen LogP contribution in [0.3, 0.4) is 0 Å². The van der Waals surface area contributed by atoms with Gasteiger partial charge in [0.05, 0.1) is 21.0 Å². The Hall–Kier alpha value is -1.21. The Bertz CT molecular complexity index is 828. The van der Waals surface area contributed by atoms with Gasteiger partial charge in [-0.05, 0) is 31.9 Å². The number of nitrogens with zero attached hydrogens (tertiary/aromatic N) is 3. The third kappa shape index (κ3) is 4.36. The predicted octanol–water partition coefficient (Wildman–Crippen LogP) is 5.42. The number of carbonyl (C=O) groups excluding carboxylic acids is 1. The lowest BCUT2D eigenvalue weighted by Crippen LogP contribution is -2.23. The van der Waals surface area contributed by atoms with E-state index < -0.39 is 5.25 Å². The number of anilines is 1. The second-order valence-corrected chi connectivity index (χ2v) is 8.57. The summed E-state index contributed by atoms with van der Waals surface area (Å²) in [4.78, 5) is 12.6. The van der Waals surface area contributed by atoms with Gasteiger partial charge in [-0.1, -0.05) is 52.6 Å². The molecular weight excluding hydrogens is 415 g/mol. The number of thioether (sulfide) groups is 1. The molecule has 1 atom stereocenters. The van der Waals surface area contributed by atoms with Crippen LogP contribution in [0.2, 0.25) is 15.1 Å². The lowest BCUT2D eigenvalue weighted by atomic mass is 10.3. The van der Waals surface area contributed by atoms with E-state index in [1.807, 2.05) is 4.57 Å². The van der Waals surface area contributed by atoms with Crippen LogP contribution in [0.15, 0.2) is 29.9 Å². The summed E-state index contributed by atoms with van der Waals surface area (Å²) in [6, 6.07) is 3.07. The molecule has 9 heteroatoms. The fourth-order valence-electron chi connectivity index (χ4n) is 2.43. The van der Waals surface area contributed by atoms with Gasteiger partial charge in [0, 0.05) is 17.5 Å². The molecule has 5 nitrogen and oxygen atoms in total. The Balaban J connectivity index is 1.73. The van der Waals surface area contributed by atoms with E-state index in [9.17, 15) is 4.79 Å². The number of allylic oxidation sites excluding steroid dienone is 1. The summed E-state index contributed by atoms with van der Waals surface area (Å²) in [5.41, 5.74) is 0.349. The Labute approximate surface area is 171 Å². The van der Waals surface area contributed by atoms with Gasteiger partial charge in [-0.3, -0.25) is 4.79 Å². The van der Waals surface area contributed by atoms with Crippen molar-refractivity contribution in [2.45, 2.75) is 42.6 Å². The maximum atomic E-state index is 12.6. The van der Waals surface area contributed by atoms with Gasteiger partial charge in [0.25, 0.3) is 0 Å². The van der Waals surface area contributed by atoms with Crippen LogP contribution in [0.1, 0.15) is 31.5 Å². The van der Waals surface area contributed by atoms with Gasteiger partial charge >= 0.3 is 0 Å². The first-order valence-corrected chi connectivity index (χ1v) is 10.1. The van der Waals surface area contributed by atoms with Gasteiger partial charge < -0.3 is 9.88 Å². The zero-order chi connectivity index (χ0) is 18.8. The number of nitrogens with one attached hydrogen (secondary N) is 1. The molecule has 1 N–H and O–H groups in total. The zero-order valence-electron chi connectivity index (χ0n) is 14.0. The van der Waals surface area contributed by atoms with E-state index in [0.29, 0.717) is 38.4 Å². The molecule has 1 aliphatic rings. The van der Waals surface area contributed by atoms with E-state index in [1.165, 1.54) is 23.9 Å². The fraction of sp³-hybridized carbons (Fsp3) is 0.353. The van der Waals surface area contributed by atoms with Gasteiger partial charge in [-0.15, -0.1) is 16.8 Å². The second-order valence-electron chi connectivity index (χ2n) is 6.01. The van der Waals surface area contributed by atoms with E-state index in [2.05, 4.69) is 22.1 Å². The van der Waals surface area contributed by atoms with Crippen molar-refractivity contribution in [3.63, 3.8) is 0 Å². The Morgan fingerprint density at radius 1 is 1.38 bits per heavy atom. The molecule has 26 heavy (non-hydrogen) atoms. The van der Waals surface area contributed by atoms with Crippen LogP contribution in [0, 0.1) is 0 Å². The molecule has 1 heterocycles. The van der Waals surface area contributed by atoms with Crippen LogP contribution < -0.4 is 5.32 Å². The van der Waals surface area contributed by atoms with E-state index in [-0.39, 0.29) is 5.91 Å². The number of carbonyl (C=O) groups is 1. The lowest BCUT2D eigenvalue weighted by molar-refractivity contribution is -0.115. The molecule has 0 aliphatic heterocycles. The number of amides is 1. The molecule has 1 aromatic carbocycles. The molecule has 0 radical (unpaired) electrons. The lowest BCUT2D eigenvalue weighted by Gasteiger charge is -2.14. The van der Waals surface area contributed by atoms with Crippen LogP contribution in [-0.2, 0) is 11.3 Å². The number of hydrogen-bond donors (Lipinski definition) is 1. The van der Waals surface area contributed by atoms with Gasteiger partial charge in [0.15, 0.2) is 5.16 Å². The minimum absolute atomic E-state index is 0.234. The second kappa shape index (κ2) is 8.21. The summed E-state index contributed by atoms with van der Waals surface area (Å²) >= 11 is 19.5. The summed E-state index contributed by atoms with van der Waals surface area (Å²) in [7, 11) is 0. The van der Waals surface area contributed by atoms with Crippen molar-refractivity contribution in [2.24, 2.45) is 0 Å². The molecule has 1 aliphatic carbocycles. The summed E-state index contributed by atoms with van der Waals surface area (Å²) in [6.45, 7) is 6.20. The molecule has 1 fully saturated rings. The van der Waals surface area contributed by atoms with Crippen molar-refractivity contribution >= 4 is 58.2 Å². The molecule has 0 bridgehead atoms. The smallest absolute Gasteiger partial charge is 0.237 e. The van der Waals surface area contributed by atoms with Crippen LogP contribution in [0.5, 0.6) is 0 Å². The fourth-order valence-corrected chi connectivity index (χ4v) is 4.21. The average Bonchev–Trinajstić information content (AvgIpc) is 3.34. The molecule has 1 aromatic heterocycles. The average molecular weight is 432 g/mol. The Morgan fingerprint density at radius 2 is 2.04 bits per heavy atom. The van der Waals surface area contributed by atoms with Gasteiger partial charge in [-0.25, -0.2) is 0 Å². The highest BCUT2D eigenvalue weighted by molar-refractivity contribution is 8.00. The van der Waals surface area contributed by atoms with Crippen molar-refractivity contribution < 1.29 is 4.79 Å². The predicted molar refractivity (Wildman–Crippen MR) is 108 cm³/mol. The van der Waals surface area contributed by atoms with E-state index in [4.69, 9.17) is 34.8 Å². The number of rotatable bonds is 7. The number of aromatic nitrogens is 3. The number of halogens is 3. The zero-order valence-corrected chi connectivity index (χ0v) is 17.1. The third-order valence-electron chi connectivity index (χ3n) is 3.91. The van der Waals surface area contributed by atoms with Crippen LogP contribution in [0.4, 0.5) is 5.69 Å². The van der Waals surface area contributed by atoms with Gasteiger partial charge in [0.1, 0.15) is 5.82 Å². The summed E-state index contributed by atoms with van der Waals surface area (Å²) in [5, 5.41) is 12.6. The Morgan fingerprint density at radius 3 is 2.62 bits per heavy atom. The summed E-state index contributed by atoms with van der Waals surface area (Å²) in [5.74, 6) is 1.19. The minimum atomic E-state index is -0.419. The molecule has 1 unspecified atom stereocenters. The molecule has 2 aromatic rings. The first-order chi connectivity index (χ1) is 12.4. The molecule has 0 saturated heterocycles. The van der Waals surface area contributed by atoms with Gasteiger partial charge in [0.2, 0.25) is 5.91 Å². The maximum absolute atomic E-state index is 12.6. The van der Waals surface area contributed by atoms with Crippen LogP contribution >= 0.6 is 46.6 Å². The first-order valence-electron chi connectivity index (χ1n) is 8.06. The Kier molecular flexibility index (Phi) is 6.17. The van der Waals surface area contributed by atoms with Gasteiger partial charge in [-0.2, -0.15) is 0 Å². The maximum Gasteiger partial charge on any atom is 0.237 e. The van der Waals surface area contributed by atoms with Crippen molar-refractivity contribution in [2.75, 3.05) is 5.32 Å².